The molecule has 0 aliphatic heterocycles. The van der Waals surface area contributed by atoms with Crippen LogP contribution in [0.3, 0.4) is 0 Å². The van der Waals surface area contributed by atoms with E-state index in [-0.39, 0.29) is 11.7 Å². The zero-order chi connectivity index (χ0) is 28.1. The van der Waals surface area contributed by atoms with Gasteiger partial charge in [0.15, 0.2) is 28.8 Å². The number of carbonyl (C=O) groups is 2. The standard InChI is InChI=1S/C30H29NO8/c1-34-24-13-19(14-25(35-2)28(24)38-5)23(32)12-11-18-17-31(22-10-8-7-9-21(18)22)30(33)20-15-26(36-3)29(39-6)27(16-20)37-4/h7-17H,1-6H3. The summed E-state index contributed by atoms with van der Waals surface area (Å²) in [6, 6.07) is 13.8. The van der Waals surface area contributed by atoms with Crippen molar-refractivity contribution in [1.29, 1.82) is 0 Å². The van der Waals surface area contributed by atoms with Gasteiger partial charge in [0.2, 0.25) is 11.5 Å². The van der Waals surface area contributed by atoms with Crippen LogP contribution >= 0.6 is 0 Å². The Morgan fingerprint density at radius 1 is 0.667 bits per heavy atom. The van der Waals surface area contributed by atoms with E-state index in [0.717, 1.165) is 5.39 Å². The SMILES string of the molecule is COc1cc(C(=O)C=Cc2cn(C(=O)c3cc(OC)c(OC)c(OC)c3)c3ccccc23)cc(OC)c1OC. The van der Waals surface area contributed by atoms with Crippen molar-refractivity contribution < 1.29 is 38.0 Å². The maximum atomic E-state index is 13.7. The molecule has 3 aromatic carbocycles. The summed E-state index contributed by atoms with van der Waals surface area (Å²) in [5.74, 6) is 1.70. The zero-order valence-electron chi connectivity index (χ0n) is 22.6. The van der Waals surface area contributed by atoms with E-state index < -0.39 is 0 Å². The average Bonchev–Trinajstić information content (AvgIpc) is 3.36. The van der Waals surface area contributed by atoms with Gasteiger partial charge in [-0.15, -0.1) is 0 Å². The molecule has 39 heavy (non-hydrogen) atoms. The van der Waals surface area contributed by atoms with Crippen LogP contribution in [-0.4, -0.2) is 58.9 Å². The molecule has 0 atom stereocenters. The number of methoxy groups -OCH3 is 6. The molecule has 0 unspecified atom stereocenters. The van der Waals surface area contributed by atoms with Crippen molar-refractivity contribution in [3.8, 4) is 34.5 Å². The summed E-state index contributed by atoms with van der Waals surface area (Å²) < 4.78 is 33.8. The van der Waals surface area contributed by atoms with Crippen molar-refractivity contribution in [3.05, 3.63) is 77.5 Å². The van der Waals surface area contributed by atoms with Crippen molar-refractivity contribution in [2.75, 3.05) is 42.7 Å². The number of rotatable bonds is 10. The summed E-state index contributed by atoms with van der Waals surface area (Å²) in [6.07, 6.45) is 4.80. The molecule has 4 rings (SSSR count). The summed E-state index contributed by atoms with van der Waals surface area (Å²) in [4.78, 5) is 26.8. The first-order chi connectivity index (χ1) is 18.9. The van der Waals surface area contributed by atoms with Gasteiger partial charge in [-0.3, -0.25) is 14.2 Å². The lowest BCUT2D eigenvalue weighted by Gasteiger charge is -2.14. The molecule has 0 radical (unpaired) electrons. The molecule has 0 fully saturated rings. The molecule has 9 nitrogen and oxygen atoms in total. The van der Waals surface area contributed by atoms with Gasteiger partial charge in [0.05, 0.1) is 48.2 Å². The fourth-order valence-electron chi connectivity index (χ4n) is 4.34. The van der Waals surface area contributed by atoms with Crippen LogP contribution < -0.4 is 28.4 Å². The van der Waals surface area contributed by atoms with E-state index in [0.29, 0.717) is 56.7 Å². The number of ether oxygens (including phenoxy) is 6. The van der Waals surface area contributed by atoms with Crippen molar-refractivity contribution >= 4 is 28.7 Å². The molecule has 0 spiro atoms. The van der Waals surface area contributed by atoms with Gasteiger partial charge in [0.1, 0.15) is 0 Å². The van der Waals surface area contributed by atoms with E-state index in [1.807, 2.05) is 24.3 Å². The number of nitrogens with zero attached hydrogens (tertiary/aromatic N) is 1. The van der Waals surface area contributed by atoms with Crippen molar-refractivity contribution in [1.82, 2.24) is 4.57 Å². The van der Waals surface area contributed by atoms with Crippen LogP contribution in [0.15, 0.2) is 60.8 Å². The number of hydrogen-bond donors (Lipinski definition) is 0. The first kappa shape index (κ1) is 27.1. The van der Waals surface area contributed by atoms with Gasteiger partial charge >= 0.3 is 0 Å². The third-order valence-electron chi connectivity index (χ3n) is 6.24. The Hall–Kier alpha value is -4.92. The number of para-hydroxylation sites is 1. The lowest BCUT2D eigenvalue weighted by molar-refractivity contribution is 0.0963. The fraction of sp³-hybridized carbons (Fsp3) is 0.200. The lowest BCUT2D eigenvalue weighted by Crippen LogP contribution is -2.11. The summed E-state index contributed by atoms with van der Waals surface area (Å²) in [6.45, 7) is 0. The highest BCUT2D eigenvalue weighted by atomic mass is 16.5. The van der Waals surface area contributed by atoms with Gasteiger partial charge in [-0.05, 0) is 42.5 Å². The Balaban J connectivity index is 1.74. The highest BCUT2D eigenvalue weighted by Crippen LogP contribution is 2.39. The predicted octanol–water partition coefficient (Wildman–Crippen LogP) is 5.28. The molecule has 0 amide bonds. The first-order valence-corrected chi connectivity index (χ1v) is 11.9. The molecule has 4 aromatic rings. The van der Waals surface area contributed by atoms with Crippen molar-refractivity contribution in [2.45, 2.75) is 0 Å². The molecule has 0 aliphatic rings. The summed E-state index contributed by atoms with van der Waals surface area (Å²) >= 11 is 0. The number of carbonyl (C=O) groups excluding carboxylic acids is 2. The number of benzene rings is 3. The van der Waals surface area contributed by atoms with Crippen LogP contribution in [0.4, 0.5) is 0 Å². The third kappa shape index (κ3) is 5.11. The second-order valence-corrected chi connectivity index (χ2v) is 8.30. The third-order valence-corrected chi connectivity index (χ3v) is 6.24. The second-order valence-electron chi connectivity index (χ2n) is 8.30. The Labute approximate surface area is 226 Å². The highest BCUT2D eigenvalue weighted by Gasteiger charge is 2.21. The van der Waals surface area contributed by atoms with Crippen LogP contribution in [-0.2, 0) is 0 Å². The monoisotopic (exact) mass is 531 g/mol. The molecule has 1 heterocycles. The Morgan fingerprint density at radius 2 is 1.15 bits per heavy atom. The molecule has 0 bridgehead atoms. The van der Waals surface area contributed by atoms with E-state index >= 15 is 0 Å². The number of fused-ring (bicyclic) bond motifs is 1. The molecule has 9 heteroatoms. The second kappa shape index (κ2) is 11.6. The quantitative estimate of drug-likeness (QED) is 0.202. The van der Waals surface area contributed by atoms with E-state index in [1.54, 1.807) is 36.5 Å². The van der Waals surface area contributed by atoms with Crippen LogP contribution in [0.2, 0.25) is 0 Å². The smallest absolute Gasteiger partial charge is 0.262 e. The normalized spacial score (nSPS) is 10.9. The molecule has 0 saturated carbocycles. The largest absolute Gasteiger partial charge is 0.493 e. The van der Waals surface area contributed by atoms with Gasteiger partial charge in [-0.25, -0.2) is 0 Å². The van der Waals surface area contributed by atoms with Gasteiger partial charge in [0.25, 0.3) is 5.91 Å². The molecular formula is C30H29NO8. The summed E-state index contributed by atoms with van der Waals surface area (Å²) in [5, 5.41) is 0.798. The van der Waals surface area contributed by atoms with Crippen LogP contribution in [0, 0.1) is 0 Å². The Morgan fingerprint density at radius 3 is 1.64 bits per heavy atom. The van der Waals surface area contributed by atoms with Gasteiger partial charge in [-0.1, -0.05) is 18.2 Å². The molecule has 0 N–H and O–H groups in total. The van der Waals surface area contributed by atoms with Gasteiger partial charge < -0.3 is 28.4 Å². The van der Waals surface area contributed by atoms with Crippen molar-refractivity contribution in [2.24, 2.45) is 0 Å². The van der Waals surface area contributed by atoms with Crippen molar-refractivity contribution in [3.63, 3.8) is 0 Å². The molecule has 0 saturated heterocycles. The molecule has 0 aliphatic carbocycles. The first-order valence-electron chi connectivity index (χ1n) is 11.9. The average molecular weight is 532 g/mol. The minimum absolute atomic E-state index is 0.276. The Bertz CT molecular complexity index is 1520. The number of hydrogen-bond acceptors (Lipinski definition) is 8. The van der Waals surface area contributed by atoms with E-state index in [1.165, 1.54) is 53.3 Å². The fourth-order valence-corrected chi connectivity index (χ4v) is 4.34. The van der Waals surface area contributed by atoms with Gasteiger partial charge in [-0.2, -0.15) is 0 Å². The maximum Gasteiger partial charge on any atom is 0.262 e. The van der Waals surface area contributed by atoms with Crippen LogP contribution in [0.5, 0.6) is 34.5 Å². The van der Waals surface area contributed by atoms with Crippen LogP contribution in [0.1, 0.15) is 26.3 Å². The number of aromatic nitrogens is 1. The lowest BCUT2D eigenvalue weighted by atomic mass is 10.1. The predicted molar refractivity (Wildman–Crippen MR) is 147 cm³/mol. The van der Waals surface area contributed by atoms with E-state index in [2.05, 4.69) is 0 Å². The van der Waals surface area contributed by atoms with Crippen LogP contribution in [0.25, 0.3) is 17.0 Å². The van der Waals surface area contributed by atoms with E-state index in [4.69, 9.17) is 28.4 Å². The minimum Gasteiger partial charge on any atom is -0.493 e. The van der Waals surface area contributed by atoms with E-state index in [9.17, 15) is 9.59 Å². The summed E-state index contributed by atoms with van der Waals surface area (Å²) in [5.41, 5.74) is 2.07. The summed E-state index contributed by atoms with van der Waals surface area (Å²) in [7, 11) is 8.95. The Kier molecular flexibility index (Phi) is 8.10. The minimum atomic E-state index is -0.305. The number of allylic oxidation sites excluding steroid dienone is 1. The highest BCUT2D eigenvalue weighted by molar-refractivity contribution is 6.10. The molecular weight excluding hydrogens is 502 g/mol. The molecule has 1 aromatic heterocycles. The topological polar surface area (TPSA) is 94.5 Å². The maximum absolute atomic E-state index is 13.7. The zero-order valence-corrected chi connectivity index (χ0v) is 22.6. The number of ketones is 1. The van der Waals surface area contributed by atoms with Gasteiger partial charge in [0, 0.05) is 28.3 Å². The molecule has 202 valence electrons.